The molecule has 3 atom stereocenters. The maximum Gasteiger partial charge on any atom is 0.408 e. The maximum absolute atomic E-state index is 14.5. The smallest absolute Gasteiger partial charge is 0.408 e. The van der Waals surface area contributed by atoms with Crippen molar-refractivity contribution in [3.8, 4) is 29.2 Å². The molecule has 11 aromatic rings. The molecule has 0 aliphatic carbocycles. The van der Waals surface area contributed by atoms with Crippen molar-refractivity contribution in [1.29, 1.82) is 10.5 Å². The van der Waals surface area contributed by atoms with E-state index in [9.17, 15) is 38.8 Å². The van der Waals surface area contributed by atoms with Crippen molar-refractivity contribution in [1.82, 2.24) is 53.9 Å². The normalized spacial score (nSPS) is 14.6. The van der Waals surface area contributed by atoms with E-state index in [1.807, 2.05) is 193 Å². The molecule has 0 radical (unpaired) electrons. The number of rotatable bonds is 24. The van der Waals surface area contributed by atoms with Gasteiger partial charge in [0.05, 0.1) is 96.3 Å². The van der Waals surface area contributed by atoms with Crippen LogP contribution in [0.1, 0.15) is 217 Å². The van der Waals surface area contributed by atoms with E-state index in [4.69, 9.17) is 53.8 Å². The third kappa shape index (κ3) is 22.7. The van der Waals surface area contributed by atoms with Crippen LogP contribution in [0.5, 0.6) is 0 Å². The number of para-hydroxylation sites is 3. The lowest BCUT2D eigenvalue weighted by atomic mass is 9.91. The third-order valence-electron chi connectivity index (χ3n) is 22.9. The van der Waals surface area contributed by atoms with E-state index in [0.29, 0.717) is 141 Å². The number of halogens is 1. The number of nitrogen functional groups attached to an aromatic ring is 2. The zero-order valence-corrected chi connectivity index (χ0v) is 73.5. The number of aromatic nitrogens is 10. The second-order valence-electron chi connectivity index (χ2n) is 33.0. The van der Waals surface area contributed by atoms with E-state index in [0.717, 1.165) is 120 Å². The van der Waals surface area contributed by atoms with Crippen LogP contribution >= 0.6 is 11.6 Å². The number of hydrogen-bond donors (Lipinski definition) is 5. The molecule has 3 aliphatic heterocycles. The molecule has 1 amide bonds. The summed E-state index contributed by atoms with van der Waals surface area (Å²) in [4.78, 5) is 127. The molecule has 0 saturated carbocycles. The maximum atomic E-state index is 14.5. The number of nitriles is 2. The summed E-state index contributed by atoms with van der Waals surface area (Å²) in [5.41, 5.74) is 24.8. The number of alkyl carbamates (subject to hydrolysis) is 1. The molecule has 124 heavy (non-hydrogen) atoms. The lowest BCUT2D eigenvalue weighted by molar-refractivity contribution is -0.118. The molecule has 28 nitrogen and oxygen atoms in total. The van der Waals surface area contributed by atoms with Gasteiger partial charge in [0.2, 0.25) is 11.9 Å². The van der Waals surface area contributed by atoms with Gasteiger partial charge in [0.25, 0.3) is 16.7 Å². The highest BCUT2D eigenvalue weighted by Gasteiger charge is 2.32. The van der Waals surface area contributed by atoms with Crippen LogP contribution in [0.3, 0.4) is 0 Å². The number of nitrogens with one attached hydrogen (secondary N) is 2. The minimum atomic E-state index is -0.646. The average Bonchev–Trinajstić information content (AvgIpc) is 0.763. The second-order valence-corrected chi connectivity index (χ2v) is 33.4. The monoisotopic (exact) mass is 1700 g/mol. The summed E-state index contributed by atoms with van der Waals surface area (Å²) >= 11 is 5.58. The number of hydrogen-bond acceptors (Lipinski definition) is 24. The number of carbonyl (C=O) groups is 4. The first-order valence-corrected chi connectivity index (χ1v) is 43.2. The SMILES string of the molecule is CC[C@H](N)c1nc2cccc(N3CCC(CCC(C)=O)CC3)c2c(=O)n1-c1ccccc1.CC[C@H](NC(=O)OC(C)(C)C)c1nc2cccc(N3CCC(CCC(C)=O)CC3)c2c(=O)n1-c1ccccc1.CC[C@H](Nc1nc(N)nc(C)c1C#N)c1nc2cccc(N3CCC(CCC(C)=O)CC3)c2c(=O)n1-c1ccccc1.Cc1nc(N)nc(Cl)c1C#N. The molecule has 0 bridgehead atoms. The molecule has 3 aliphatic rings. The summed E-state index contributed by atoms with van der Waals surface area (Å²) in [6, 6.07) is 48.8. The zero-order valence-electron chi connectivity index (χ0n) is 72.8. The molecule has 14 rings (SSSR count). The largest absolute Gasteiger partial charge is 0.444 e. The number of anilines is 6. The zero-order chi connectivity index (χ0) is 89.1. The van der Waals surface area contributed by atoms with Crippen LogP contribution in [0.25, 0.3) is 49.8 Å². The van der Waals surface area contributed by atoms with Gasteiger partial charge in [0.1, 0.15) is 69.5 Å². The Bertz CT molecular complexity index is 5880. The highest BCUT2D eigenvalue weighted by Crippen LogP contribution is 2.37. The summed E-state index contributed by atoms with van der Waals surface area (Å²) in [5.74, 6) is 4.37. The van der Waals surface area contributed by atoms with Crippen molar-refractivity contribution in [3.63, 3.8) is 0 Å². The molecule has 6 aromatic carbocycles. The summed E-state index contributed by atoms with van der Waals surface area (Å²) in [6.07, 6.45) is 11.9. The third-order valence-corrected chi connectivity index (χ3v) is 23.2. The predicted molar refractivity (Wildman–Crippen MR) is 490 cm³/mol. The van der Waals surface area contributed by atoms with Crippen LogP contribution in [-0.4, -0.2) is 117 Å². The molecular formula is C95H113ClN20O8. The quantitative estimate of drug-likeness (QED) is 0.0351. The van der Waals surface area contributed by atoms with Crippen LogP contribution < -0.4 is 59.2 Å². The molecule has 648 valence electrons. The Hall–Kier alpha value is -12.8. The Kier molecular flexibility index (Phi) is 31.4. The number of nitrogens with zero attached hydrogens (tertiary/aromatic N) is 15. The summed E-state index contributed by atoms with van der Waals surface area (Å²) in [5, 5.41) is 26.5. The standard InChI is InChI=1S/C32H36N8O2.C31H40N4O4.C26H32N4O2.C6H5ClN4/c1-4-25(36-29-24(19-33)21(3)35-32(34)38-29)30-37-26-11-8-12-27(39-17-15-22(16-18-39)14-13-20(2)41)28(26)31(42)40(30)23-9-6-5-7-10-23;1-6-24(33-30(38)39-31(3,4)5)28-32-25-13-10-14-26(34-19-17-22(18-20-34)16-15-21(2)36)27(25)29(37)35(28)23-11-8-7-9-12-23;1-3-21(27)25-28-22-10-7-11-23(29-16-14-19(15-17-29)13-12-18(2)31)24(22)26(32)30(25)20-8-5-4-6-9-20;1-3-4(2-8)5(7)11-6(9)10-3/h5-12,22,25H,4,13-18H2,1-3H3,(H3,34,35,36,38);7-14,22,24H,6,15-20H2,1-5H3,(H,33,38);4-11,19,21H,3,12-17,27H2,1-2H3;1H3,(H2,9,10,11)/t25-;24-;21-;/m000./s1. The van der Waals surface area contributed by atoms with E-state index >= 15 is 0 Å². The van der Waals surface area contributed by atoms with Gasteiger partial charge in [-0.05, 0) is 223 Å². The van der Waals surface area contributed by atoms with Crippen LogP contribution in [0, 0.1) is 54.3 Å². The number of piperidine rings is 3. The number of ether oxygens (including phenoxy) is 1. The summed E-state index contributed by atoms with van der Waals surface area (Å²) in [6.45, 7) is 24.7. The van der Waals surface area contributed by atoms with Crippen LogP contribution in [0.15, 0.2) is 160 Å². The molecule has 5 aromatic heterocycles. The first kappa shape index (κ1) is 91.9. The number of aryl methyl sites for hydroxylation is 2. The van der Waals surface area contributed by atoms with E-state index in [1.165, 1.54) is 0 Å². The van der Waals surface area contributed by atoms with Gasteiger partial charge < -0.3 is 61.7 Å². The van der Waals surface area contributed by atoms with Crippen molar-refractivity contribution in [2.75, 3.05) is 70.8 Å². The second kappa shape index (κ2) is 42.3. The Balaban J connectivity index is 0.000000171. The van der Waals surface area contributed by atoms with Gasteiger partial charge in [0.15, 0.2) is 5.15 Å². The molecule has 8 heterocycles. The van der Waals surface area contributed by atoms with Gasteiger partial charge >= 0.3 is 6.09 Å². The lowest BCUT2D eigenvalue weighted by Crippen LogP contribution is -2.38. The van der Waals surface area contributed by atoms with E-state index in [1.54, 1.807) is 48.3 Å². The van der Waals surface area contributed by atoms with Gasteiger partial charge in [-0.15, -0.1) is 0 Å². The fraction of sp³-hybridized carbons (Fsp3) is 0.411. The molecule has 0 unspecified atom stereocenters. The first-order valence-electron chi connectivity index (χ1n) is 42.8. The number of carbonyl (C=O) groups excluding carboxylic acids is 4. The van der Waals surface area contributed by atoms with Crippen molar-refractivity contribution in [2.24, 2.45) is 23.5 Å². The van der Waals surface area contributed by atoms with E-state index in [-0.39, 0.29) is 62.7 Å². The Labute approximate surface area is 728 Å². The first-order chi connectivity index (χ1) is 59.5. The highest BCUT2D eigenvalue weighted by atomic mass is 35.5. The van der Waals surface area contributed by atoms with Gasteiger partial charge in [-0.1, -0.05) is 105 Å². The van der Waals surface area contributed by atoms with Crippen LogP contribution in [0.4, 0.5) is 39.6 Å². The Morgan fingerprint density at radius 2 is 0.815 bits per heavy atom. The highest BCUT2D eigenvalue weighted by molar-refractivity contribution is 6.30. The molecular weight excluding hydrogens is 1580 g/mol. The molecule has 8 N–H and O–H groups in total. The van der Waals surface area contributed by atoms with Gasteiger partial charge in [-0.3, -0.25) is 28.1 Å². The number of ketones is 3. The van der Waals surface area contributed by atoms with Crippen molar-refractivity contribution >= 4 is 103 Å². The number of fused-ring (bicyclic) bond motifs is 3. The van der Waals surface area contributed by atoms with E-state index < -0.39 is 23.8 Å². The fourth-order valence-electron chi connectivity index (χ4n) is 16.3. The van der Waals surface area contributed by atoms with Crippen molar-refractivity contribution in [2.45, 2.75) is 196 Å². The van der Waals surface area contributed by atoms with Gasteiger partial charge in [-0.2, -0.15) is 20.5 Å². The number of Topliss-reactive ketones (excluding diaryl/α,β-unsaturated/α-hetero) is 3. The Morgan fingerprint density at radius 3 is 1.15 bits per heavy atom. The van der Waals surface area contributed by atoms with Crippen molar-refractivity contribution in [3.05, 3.63) is 222 Å². The Morgan fingerprint density at radius 1 is 0.476 bits per heavy atom. The van der Waals surface area contributed by atoms with Crippen molar-refractivity contribution < 1.29 is 23.9 Å². The van der Waals surface area contributed by atoms with Crippen LogP contribution in [-0.2, 0) is 19.1 Å². The number of benzene rings is 6. The average molecular weight is 1700 g/mol. The molecule has 29 heteroatoms. The van der Waals surface area contributed by atoms with E-state index in [2.05, 4.69) is 51.3 Å². The number of amides is 1. The summed E-state index contributed by atoms with van der Waals surface area (Å²) < 4.78 is 10.5. The lowest BCUT2D eigenvalue weighted by Gasteiger charge is -2.34. The molecule has 0 spiro atoms. The van der Waals surface area contributed by atoms with Gasteiger partial charge in [0, 0.05) is 58.5 Å². The summed E-state index contributed by atoms with van der Waals surface area (Å²) in [7, 11) is 0. The van der Waals surface area contributed by atoms with Crippen LogP contribution in [0.2, 0.25) is 5.15 Å². The predicted octanol–water partition coefficient (Wildman–Crippen LogP) is 16.3. The number of nitrogens with two attached hydrogens (primary N) is 3. The molecule has 3 saturated heterocycles. The fourth-order valence-corrected chi connectivity index (χ4v) is 16.6. The topological polar surface area (TPSA) is 393 Å². The minimum absolute atomic E-state index is 0.0606. The minimum Gasteiger partial charge on any atom is -0.444 e. The molecule has 3 fully saturated rings. The van der Waals surface area contributed by atoms with Gasteiger partial charge in [-0.25, -0.2) is 29.7 Å².